The molecule has 0 aliphatic carbocycles. The average molecular weight is 153 g/mol. The molecular weight excluding hydrogens is 142 g/mol. The number of phenolic OH excluding ortho intramolecular Hbond substituents is 1. The molecule has 0 fully saturated rings. The number of para-hydroxylation sites is 1. The normalized spacial score (nSPS) is 11.5. The van der Waals surface area contributed by atoms with Crippen LogP contribution in [0.15, 0.2) is 24.3 Å². The highest BCUT2D eigenvalue weighted by Gasteiger charge is 2.18. The van der Waals surface area contributed by atoms with E-state index in [1.807, 2.05) is 0 Å². The highest BCUT2D eigenvalue weighted by atomic mass is 16.3. The Labute approximate surface area is 64.6 Å². The minimum Gasteiger partial charge on any atom is -0.507 e. The van der Waals surface area contributed by atoms with Gasteiger partial charge in [0.05, 0.1) is 0 Å². The van der Waals surface area contributed by atoms with Crippen LogP contribution >= 0.6 is 0 Å². The smallest absolute Gasteiger partial charge is 0.146 e. The van der Waals surface area contributed by atoms with Gasteiger partial charge < -0.3 is 5.11 Å². The van der Waals surface area contributed by atoms with Gasteiger partial charge in [-0.05, 0) is 6.07 Å². The van der Waals surface area contributed by atoms with Crippen LogP contribution in [0.25, 0.3) is 0 Å². The van der Waals surface area contributed by atoms with Crippen LogP contribution in [0.1, 0.15) is 5.56 Å². The second kappa shape index (κ2) is 2.50. The Morgan fingerprint density at radius 3 is 2.00 bits per heavy atom. The fourth-order valence-electron chi connectivity index (χ4n) is 0.840. The van der Waals surface area contributed by atoms with Crippen molar-refractivity contribution in [1.29, 1.82) is 0 Å². The van der Waals surface area contributed by atoms with Gasteiger partial charge in [0.15, 0.2) is 0 Å². The summed E-state index contributed by atoms with van der Waals surface area (Å²) in [5.41, 5.74) is 16.4. The first-order chi connectivity index (χ1) is 5.02. The zero-order valence-electron chi connectivity index (χ0n) is 5.99. The van der Waals surface area contributed by atoms with Crippen molar-refractivity contribution in [3.8, 4) is 5.75 Å². The lowest BCUT2D eigenvalue weighted by Gasteiger charge is -2.19. The van der Waals surface area contributed by atoms with E-state index in [9.17, 15) is 5.11 Å². The van der Waals surface area contributed by atoms with E-state index < -0.39 is 5.79 Å². The average Bonchev–Trinajstić information content (AvgIpc) is 1.86. The van der Waals surface area contributed by atoms with Crippen molar-refractivity contribution in [3.63, 3.8) is 0 Å². The molecule has 0 unspecified atom stereocenters. The zero-order valence-corrected chi connectivity index (χ0v) is 5.99. The molecule has 7 N–H and O–H groups in total. The first-order valence-corrected chi connectivity index (χ1v) is 3.17. The van der Waals surface area contributed by atoms with Crippen LogP contribution < -0.4 is 17.2 Å². The monoisotopic (exact) mass is 153 g/mol. The SMILES string of the molecule is NC(N)(N)c1ccccc1O. The van der Waals surface area contributed by atoms with E-state index in [1.165, 1.54) is 6.07 Å². The molecule has 0 aliphatic rings. The molecule has 11 heavy (non-hydrogen) atoms. The minimum absolute atomic E-state index is 0.0139. The number of rotatable bonds is 1. The van der Waals surface area contributed by atoms with Gasteiger partial charge in [-0.1, -0.05) is 18.2 Å². The largest absolute Gasteiger partial charge is 0.507 e. The molecule has 4 heteroatoms. The fourth-order valence-corrected chi connectivity index (χ4v) is 0.840. The summed E-state index contributed by atoms with van der Waals surface area (Å²) in [4.78, 5) is 0. The number of phenols is 1. The first kappa shape index (κ1) is 8.00. The van der Waals surface area contributed by atoms with Crippen molar-refractivity contribution in [2.75, 3.05) is 0 Å². The lowest BCUT2D eigenvalue weighted by atomic mass is 10.1. The molecule has 0 spiro atoms. The van der Waals surface area contributed by atoms with Crippen LogP contribution in [0.4, 0.5) is 0 Å². The van der Waals surface area contributed by atoms with E-state index in [1.54, 1.807) is 18.2 Å². The highest BCUT2D eigenvalue weighted by molar-refractivity contribution is 5.35. The third-order valence-electron chi connectivity index (χ3n) is 1.37. The molecule has 1 aromatic rings. The summed E-state index contributed by atoms with van der Waals surface area (Å²) in [6, 6.07) is 6.44. The zero-order chi connectivity index (χ0) is 8.48. The van der Waals surface area contributed by atoms with Crippen LogP contribution in [0, 0.1) is 0 Å². The van der Waals surface area contributed by atoms with Gasteiger partial charge in [0.2, 0.25) is 0 Å². The first-order valence-electron chi connectivity index (χ1n) is 3.17. The Balaban J connectivity index is 3.14. The van der Waals surface area contributed by atoms with Gasteiger partial charge in [-0.15, -0.1) is 0 Å². The Kier molecular flexibility index (Phi) is 1.82. The van der Waals surface area contributed by atoms with Gasteiger partial charge in [-0.3, -0.25) is 17.2 Å². The summed E-state index contributed by atoms with van der Waals surface area (Å²) in [5, 5.41) is 9.21. The van der Waals surface area contributed by atoms with Crippen molar-refractivity contribution >= 4 is 0 Å². The lowest BCUT2D eigenvalue weighted by Crippen LogP contribution is -2.54. The molecule has 0 aliphatic heterocycles. The number of aromatic hydroxyl groups is 1. The molecule has 1 aromatic carbocycles. The molecule has 0 saturated heterocycles. The van der Waals surface area contributed by atoms with E-state index in [2.05, 4.69) is 0 Å². The van der Waals surface area contributed by atoms with E-state index in [-0.39, 0.29) is 5.75 Å². The lowest BCUT2D eigenvalue weighted by molar-refractivity contribution is 0.421. The van der Waals surface area contributed by atoms with Gasteiger partial charge >= 0.3 is 0 Å². The maximum Gasteiger partial charge on any atom is 0.146 e. The summed E-state index contributed by atoms with van der Waals surface area (Å²) in [7, 11) is 0. The summed E-state index contributed by atoms with van der Waals surface area (Å²) in [5.74, 6) is -1.45. The van der Waals surface area contributed by atoms with Crippen molar-refractivity contribution in [3.05, 3.63) is 29.8 Å². The third-order valence-corrected chi connectivity index (χ3v) is 1.37. The van der Waals surface area contributed by atoms with E-state index in [0.29, 0.717) is 5.56 Å². The highest BCUT2D eigenvalue weighted by Crippen LogP contribution is 2.19. The van der Waals surface area contributed by atoms with Crippen LogP contribution in [0.2, 0.25) is 0 Å². The van der Waals surface area contributed by atoms with Crippen molar-refractivity contribution in [2.45, 2.75) is 5.79 Å². The number of benzene rings is 1. The summed E-state index contributed by atoms with van der Waals surface area (Å²) < 4.78 is 0. The molecular formula is C7H11N3O. The number of hydrogen-bond acceptors (Lipinski definition) is 4. The van der Waals surface area contributed by atoms with Gasteiger partial charge in [0.1, 0.15) is 11.5 Å². The predicted octanol–water partition coefficient (Wildman–Crippen LogP) is -0.621. The molecule has 0 heterocycles. The fraction of sp³-hybridized carbons (Fsp3) is 0.143. The molecule has 1 rings (SSSR count). The maximum atomic E-state index is 9.21. The van der Waals surface area contributed by atoms with Crippen molar-refractivity contribution in [2.24, 2.45) is 17.2 Å². The van der Waals surface area contributed by atoms with Crippen LogP contribution in [0.3, 0.4) is 0 Å². The molecule has 0 aromatic heterocycles. The Bertz CT molecular complexity index is 254. The van der Waals surface area contributed by atoms with Gasteiger partial charge in [0.25, 0.3) is 0 Å². The summed E-state index contributed by atoms with van der Waals surface area (Å²) in [6.45, 7) is 0. The topological polar surface area (TPSA) is 98.3 Å². The van der Waals surface area contributed by atoms with Gasteiger partial charge in [0, 0.05) is 5.56 Å². The molecule has 4 nitrogen and oxygen atoms in total. The van der Waals surface area contributed by atoms with Gasteiger partial charge in [-0.25, -0.2) is 0 Å². The summed E-state index contributed by atoms with van der Waals surface area (Å²) in [6.07, 6.45) is 0. The molecule has 0 atom stereocenters. The minimum atomic E-state index is -1.47. The predicted molar refractivity (Wildman–Crippen MR) is 42.3 cm³/mol. The molecule has 0 amide bonds. The Morgan fingerprint density at radius 1 is 1.09 bits per heavy atom. The van der Waals surface area contributed by atoms with Crippen LogP contribution in [-0.4, -0.2) is 5.11 Å². The quantitative estimate of drug-likeness (QED) is 0.404. The van der Waals surface area contributed by atoms with E-state index in [0.717, 1.165) is 0 Å². The molecule has 0 radical (unpaired) electrons. The molecule has 0 saturated carbocycles. The number of hydrogen-bond donors (Lipinski definition) is 4. The van der Waals surface area contributed by atoms with Crippen LogP contribution in [0.5, 0.6) is 5.75 Å². The van der Waals surface area contributed by atoms with Crippen LogP contribution in [-0.2, 0) is 5.79 Å². The maximum absolute atomic E-state index is 9.21. The van der Waals surface area contributed by atoms with Crippen molar-refractivity contribution in [1.82, 2.24) is 0 Å². The second-order valence-corrected chi connectivity index (χ2v) is 2.45. The molecule has 0 bridgehead atoms. The van der Waals surface area contributed by atoms with Crippen molar-refractivity contribution < 1.29 is 5.11 Å². The Morgan fingerprint density at radius 2 is 1.64 bits per heavy atom. The standard InChI is InChI=1S/C7H11N3O/c8-7(9,10)5-3-1-2-4-6(5)11/h1-4,11H,8-10H2. The molecule has 60 valence electrons. The number of nitrogens with two attached hydrogens (primary N) is 3. The third kappa shape index (κ3) is 1.68. The van der Waals surface area contributed by atoms with Gasteiger partial charge in [-0.2, -0.15) is 0 Å². The Hall–Kier alpha value is -1.10. The van der Waals surface area contributed by atoms with E-state index in [4.69, 9.17) is 17.2 Å². The van der Waals surface area contributed by atoms with E-state index >= 15 is 0 Å². The summed E-state index contributed by atoms with van der Waals surface area (Å²) >= 11 is 0. The second-order valence-electron chi connectivity index (χ2n) is 2.45.